The average Bonchev–Trinajstić information content (AvgIpc) is 3.27. The van der Waals surface area contributed by atoms with Crippen LogP contribution in [0.15, 0.2) is 77.5 Å². The highest BCUT2D eigenvalue weighted by Gasteiger charge is 2.37. The zero-order valence-electron chi connectivity index (χ0n) is 19.1. The van der Waals surface area contributed by atoms with Crippen LogP contribution >= 0.6 is 0 Å². The number of carbonyl (C=O) groups excluding carboxylic acids is 2. The Bertz CT molecular complexity index is 1360. The standard InChI is InChI=1S/C27H23FN4O2/c1-4-17(2)32-26(33)23(18(3)24(15-29)27(32)34)14-20-16-31(22-8-6-5-7-9-22)30-25(20)19-10-12-21(28)13-11-19/h5-14,16-17H,4H2,1-3H3/b23-14+. The highest BCUT2D eigenvalue weighted by molar-refractivity contribution is 6.20. The normalized spacial score (nSPS) is 16.2. The lowest BCUT2D eigenvalue weighted by molar-refractivity contribution is -0.142. The van der Waals surface area contributed by atoms with Crippen molar-refractivity contribution >= 4 is 17.9 Å². The van der Waals surface area contributed by atoms with Crippen LogP contribution in [0.3, 0.4) is 0 Å². The van der Waals surface area contributed by atoms with Gasteiger partial charge in [0.15, 0.2) is 0 Å². The van der Waals surface area contributed by atoms with Crippen molar-refractivity contribution in [1.29, 1.82) is 5.26 Å². The minimum atomic E-state index is -0.574. The molecule has 1 aliphatic rings. The lowest BCUT2D eigenvalue weighted by atomic mass is 9.92. The summed E-state index contributed by atoms with van der Waals surface area (Å²) in [5.74, 6) is -1.39. The number of nitriles is 1. The van der Waals surface area contributed by atoms with Gasteiger partial charge in [-0.05, 0) is 68.3 Å². The number of benzene rings is 2. The second kappa shape index (κ2) is 9.28. The SMILES string of the molecule is CCC(C)N1C(=O)C(C#N)=C(C)/C(=C\c2cn(-c3ccccc3)nc2-c2ccc(F)cc2)C1=O. The first-order chi connectivity index (χ1) is 16.3. The summed E-state index contributed by atoms with van der Waals surface area (Å²) in [6.07, 6.45) is 3.99. The maximum Gasteiger partial charge on any atom is 0.271 e. The molecule has 0 N–H and O–H groups in total. The van der Waals surface area contributed by atoms with E-state index in [1.165, 1.54) is 12.1 Å². The van der Waals surface area contributed by atoms with Gasteiger partial charge in [0, 0.05) is 28.9 Å². The lowest BCUT2D eigenvalue weighted by Gasteiger charge is -2.31. The summed E-state index contributed by atoms with van der Waals surface area (Å²) in [5, 5.41) is 14.3. The molecule has 3 aromatic rings. The number of amides is 2. The molecular weight excluding hydrogens is 431 g/mol. The Morgan fingerprint density at radius 1 is 1.09 bits per heavy atom. The van der Waals surface area contributed by atoms with Crippen LogP contribution < -0.4 is 0 Å². The van der Waals surface area contributed by atoms with Crippen LogP contribution in [-0.2, 0) is 9.59 Å². The van der Waals surface area contributed by atoms with Gasteiger partial charge in [0.25, 0.3) is 11.8 Å². The molecule has 0 radical (unpaired) electrons. The van der Waals surface area contributed by atoms with Gasteiger partial charge in [-0.1, -0.05) is 25.1 Å². The van der Waals surface area contributed by atoms with E-state index in [0.717, 1.165) is 10.6 Å². The summed E-state index contributed by atoms with van der Waals surface area (Å²) in [6.45, 7) is 5.26. The maximum atomic E-state index is 13.6. The molecule has 1 unspecified atom stereocenters. The summed E-state index contributed by atoms with van der Waals surface area (Å²) in [7, 11) is 0. The van der Waals surface area contributed by atoms with Gasteiger partial charge in [0.1, 0.15) is 17.5 Å². The number of imide groups is 1. The smallest absolute Gasteiger partial charge is 0.271 e. The molecule has 0 fully saturated rings. The molecular formula is C27H23FN4O2. The largest absolute Gasteiger partial charge is 0.271 e. The number of halogens is 1. The predicted octanol–water partition coefficient (Wildman–Crippen LogP) is 5.07. The Labute approximate surface area is 197 Å². The van der Waals surface area contributed by atoms with E-state index in [4.69, 9.17) is 5.10 Å². The summed E-state index contributed by atoms with van der Waals surface area (Å²) in [5.41, 5.74) is 3.17. The molecule has 1 aromatic heterocycles. The minimum absolute atomic E-state index is 0.0510. The predicted molar refractivity (Wildman–Crippen MR) is 127 cm³/mol. The van der Waals surface area contributed by atoms with Gasteiger partial charge in [-0.25, -0.2) is 9.07 Å². The van der Waals surface area contributed by atoms with Gasteiger partial charge in [0.05, 0.1) is 11.4 Å². The second-order valence-electron chi connectivity index (χ2n) is 8.13. The van der Waals surface area contributed by atoms with Crippen molar-refractivity contribution in [3.8, 4) is 23.0 Å². The van der Waals surface area contributed by atoms with Gasteiger partial charge in [-0.15, -0.1) is 0 Å². The quantitative estimate of drug-likeness (QED) is 0.398. The molecule has 7 heteroatoms. The van der Waals surface area contributed by atoms with Crippen molar-refractivity contribution in [3.05, 3.63) is 88.9 Å². The number of rotatable bonds is 5. The molecule has 0 aliphatic carbocycles. The Kier molecular flexibility index (Phi) is 6.24. The number of hydrogen-bond acceptors (Lipinski definition) is 4. The van der Waals surface area contributed by atoms with Crippen molar-refractivity contribution < 1.29 is 14.0 Å². The van der Waals surface area contributed by atoms with E-state index in [1.807, 2.05) is 43.3 Å². The molecule has 0 bridgehead atoms. The zero-order chi connectivity index (χ0) is 24.4. The van der Waals surface area contributed by atoms with Gasteiger partial charge >= 0.3 is 0 Å². The fourth-order valence-electron chi connectivity index (χ4n) is 3.88. The summed E-state index contributed by atoms with van der Waals surface area (Å²) in [4.78, 5) is 27.4. The molecule has 1 aliphatic heterocycles. The van der Waals surface area contributed by atoms with E-state index in [9.17, 15) is 19.2 Å². The van der Waals surface area contributed by atoms with E-state index < -0.39 is 11.8 Å². The number of aromatic nitrogens is 2. The second-order valence-corrected chi connectivity index (χ2v) is 8.13. The van der Waals surface area contributed by atoms with E-state index in [2.05, 4.69) is 0 Å². The van der Waals surface area contributed by atoms with E-state index in [1.54, 1.807) is 42.9 Å². The van der Waals surface area contributed by atoms with Crippen molar-refractivity contribution in [2.45, 2.75) is 33.2 Å². The lowest BCUT2D eigenvalue weighted by Crippen LogP contribution is -2.47. The van der Waals surface area contributed by atoms with Crippen molar-refractivity contribution in [2.24, 2.45) is 0 Å². The number of carbonyl (C=O) groups is 2. The third kappa shape index (κ3) is 4.06. The summed E-state index contributed by atoms with van der Waals surface area (Å²) >= 11 is 0. The third-order valence-corrected chi connectivity index (χ3v) is 5.99. The van der Waals surface area contributed by atoms with Crippen LogP contribution in [0.5, 0.6) is 0 Å². The Balaban J connectivity index is 1.93. The van der Waals surface area contributed by atoms with Crippen molar-refractivity contribution in [1.82, 2.24) is 14.7 Å². The maximum absolute atomic E-state index is 13.6. The molecule has 2 aromatic carbocycles. The first kappa shape index (κ1) is 22.9. The van der Waals surface area contributed by atoms with Crippen molar-refractivity contribution in [3.63, 3.8) is 0 Å². The summed E-state index contributed by atoms with van der Waals surface area (Å²) < 4.78 is 15.2. The van der Waals surface area contributed by atoms with Crippen LogP contribution in [0, 0.1) is 17.1 Å². The Hall–Kier alpha value is -4.31. The van der Waals surface area contributed by atoms with E-state index >= 15 is 0 Å². The first-order valence-electron chi connectivity index (χ1n) is 11.0. The zero-order valence-corrected chi connectivity index (χ0v) is 19.1. The van der Waals surface area contributed by atoms with Gasteiger partial charge in [-0.2, -0.15) is 10.4 Å². The van der Waals surface area contributed by atoms with Crippen LogP contribution in [0.25, 0.3) is 23.0 Å². The minimum Gasteiger partial charge on any atom is -0.271 e. The van der Waals surface area contributed by atoms with Crippen molar-refractivity contribution in [2.75, 3.05) is 0 Å². The number of para-hydroxylation sites is 1. The molecule has 34 heavy (non-hydrogen) atoms. The molecule has 0 saturated carbocycles. The third-order valence-electron chi connectivity index (χ3n) is 5.99. The molecule has 0 spiro atoms. The fourth-order valence-corrected chi connectivity index (χ4v) is 3.88. The molecule has 1 atom stereocenters. The van der Waals surface area contributed by atoms with Gasteiger partial charge in [-0.3, -0.25) is 14.5 Å². The molecule has 6 nitrogen and oxygen atoms in total. The Morgan fingerprint density at radius 2 is 1.76 bits per heavy atom. The summed E-state index contributed by atoms with van der Waals surface area (Å²) in [6, 6.07) is 17.0. The van der Waals surface area contributed by atoms with Crippen LogP contribution in [0.4, 0.5) is 4.39 Å². The number of nitrogens with zero attached hydrogens (tertiary/aromatic N) is 4. The fraction of sp³-hybridized carbons (Fsp3) is 0.185. The molecule has 0 saturated heterocycles. The van der Waals surface area contributed by atoms with Gasteiger partial charge < -0.3 is 0 Å². The topological polar surface area (TPSA) is 79.0 Å². The highest BCUT2D eigenvalue weighted by atomic mass is 19.1. The molecule has 170 valence electrons. The van der Waals surface area contributed by atoms with Gasteiger partial charge in [0.2, 0.25) is 0 Å². The molecule has 2 amide bonds. The average molecular weight is 455 g/mol. The van der Waals surface area contributed by atoms with Crippen LogP contribution in [0.2, 0.25) is 0 Å². The first-order valence-corrected chi connectivity index (χ1v) is 11.0. The van der Waals surface area contributed by atoms with Crippen LogP contribution in [0.1, 0.15) is 32.8 Å². The van der Waals surface area contributed by atoms with Crippen LogP contribution in [-0.4, -0.2) is 32.5 Å². The molecule has 4 rings (SSSR count). The molecule has 2 heterocycles. The Morgan fingerprint density at radius 3 is 2.38 bits per heavy atom. The monoisotopic (exact) mass is 454 g/mol. The number of hydrogen-bond donors (Lipinski definition) is 0. The highest BCUT2D eigenvalue weighted by Crippen LogP contribution is 2.32. The van der Waals surface area contributed by atoms with E-state index in [0.29, 0.717) is 28.8 Å². The van der Waals surface area contributed by atoms with E-state index in [-0.39, 0.29) is 23.0 Å².